The van der Waals surface area contributed by atoms with Crippen LogP contribution >= 0.6 is 0 Å². The molecule has 0 aliphatic carbocycles. The second-order valence-electron chi connectivity index (χ2n) is 6.35. The summed E-state index contributed by atoms with van der Waals surface area (Å²) >= 11 is 0. The summed E-state index contributed by atoms with van der Waals surface area (Å²) in [5.74, 6) is -3.67. The van der Waals surface area contributed by atoms with E-state index in [1.54, 1.807) is 12.1 Å². The van der Waals surface area contributed by atoms with Crippen molar-refractivity contribution in [2.75, 3.05) is 40.1 Å². The zero-order chi connectivity index (χ0) is 21.4. The molecule has 0 aliphatic rings. The first-order valence-corrected chi connectivity index (χ1v) is 10.9. The van der Waals surface area contributed by atoms with E-state index in [9.17, 15) is 22.4 Å². The Hall–Kier alpha value is -2.94. The number of rotatable bonds is 9. The normalized spacial score (nSPS) is 11.0. The first kappa shape index (κ1) is 22.4. The van der Waals surface area contributed by atoms with Gasteiger partial charge in [-0.05, 0) is 62.4 Å². The van der Waals surface area contributed by atoms with Crippen molar-refractivity contribution in [2.24, 2.45) is 0 Å². The molecular weight excluding hydrogens is 397 g/mol. The molecule has 0 fully saturated rings. The lowest BCUT2D eigenvalue weighted by Gasteiger charge is -2.21. The molecule has 2 aromatic carbocycles. The molecule has 2 aromatic rings. The van der Waals surface area contributed by atoms with Crippen LogP contribution in [0.25, 0.3) is 0 Å². The number of amides is 2. The van der Waals surface area contributed by atoms with Gasteiger partial charge >= 0.3 is 0 Å². The van der Waals surface area contributed by atoms with E-state index in [1.165, 1.54) is 12.1 Å². The monoisotopic (exact) mass is 421 g/mol. The summed E-state index contributed by atoms with van der Waals surface area (Å²) in [6.45, 7) is 5.77. The molecule has 0 atom stereocenters. The van der Waals surface area contributed by atoms with E-state index in [4.69, 9.17) is 0 Å². The summed E-state index contributed by atoms with van der Waals surface area (Å²) in [4.78, 5) is 26.1. The van der Waals surface area contributed by atoms with E-state index in [0.717, 1.165) is 30.9 Å². The van der Waals surface area contributed by atoms with Crippen LogP contribution in [0.15, 0.2) is 48.5 Å². The van der Waals surface area contributed by atoms with E-state index in [1.807, 2.05) is 26.0 Å². The number of benzene rings is 2. The predicted molar refractivity (Wildman–Crippen MR) is 112 cm³/mol. The minimum Gasteiger partial charge on any atom is -0.372 e. The average molecular weight is 421 g/mol. The first-order chi connectivity index (χ1) is 13.7. The lowest BCUT2D eigenvalue weighted by molar-refractivity contribution is -0.114. The molecule has 2 N–H and O–H groups in total. The predicted octanol–water partition coefficient (Wildman–Crippen LogP) is 2.66. The third-order valence-corrected chi connectivity index (χ3v) is 5.51. The van der Waals surface area contributed by atoms with E-state index in [-0.39, 0.29) is 5.69 Å². The van der Waals surface area contributed by atoms with Crippen LogP contribution in [0.4, 0.5) is 21.5 Å². The van der Waals surface area contributed by atoms with Crippen LogP contribution in [-0.2, 0) is 19.4 Å². The van der Waals surface area contributed by atoms with Crippen LogP contribution in [0.5, 0.6) is 0 Å². The molecule has 0 saturated heterocycles. The minimum absolute atomic E-state index is 0.268. The van der Waals surface area contributed by atoms with Crippen LogP contribution in [0.1, 0.15) is 13.8 Å². The van der Waals surface area contributed by atoms with Crippen molar-refractivity contribution < 1.29 is 22.4 Å². The number of sulfone groups is 1. The third-order valence-electron chi connectivity index (χ3n) is 4.11. The van der Waals surface area contributed by atoms with Gasteiger partial charge in [0.05, 0.1) is 0 Å². The van der Waals surface area contributed by atoms with Gasteiger partial charge in [-0.2, -0.15) is 0 Å². The molecule has 0 unspecified atom stereocenters. The third kappa shape index (κ3) is 7.19. The Morgan fingerprint density at radius 2 is 1.24 bits per heavy atom. The Bertz CT molecular complexity index is 941. The summed E-state index contributed by atoms with van der Waals surface area (Å²) in [6.07, 6.45) is 0. The highest BCUT2D eigenvalue weighted by Gasteiger charge is 2.21. The highest BCUT2D eigenvalue weighted by atomic mass is 32.2. The Kier molecular flexibility index (Phi) is 7.72. The van der Waals surface area contributed by atoms with E-state index >= 15 is 0 Å². The standard InChI is InChI=1S/C20H24FN3O4S/c1-3-24(4-2)18-11-9-17(10-12-18)23-20(26)14-29(27,28)13-19(25)22-16-7-5-15(21)6-8-16/h5-12H,3-4,13-14H2,1-2H3,(H,22,25)(H,23,26). The van der Waals surface area contributed by atoms with Gasteiger partial charge in [0.1, 0.15) is 17.3 Å². The van der Waals surface area contributed by atoms with Crippen LogP contribution in [0.3, 0.4) is 0 Å². The minimum atomic E-state index is -3.96. The molecule has 156 valence electrons. The molecule has 2 amide bonds. The van der Waals surface area contributed by atoms with Crippen molar-refractivity contribution in [3.05, 3.63) is 54.3 Å². The second kappa shape index (κ2) is 10.0. The molecule has 0 saturated carbocycles. The van der Waals surface area contributed by atoms with Gasteiger partial charge in [-0.3, -0.25) is 9.59 Å². The molecule has 0 aromatic heterocycles. The lowest BCUT2D eigenvalue weighted by Crippen LogP contribution is -2.30. The number of hydrogen-bond donors (Lipinski definition) is 2. The van der Waals surface area contributed by atoms with Gasteiger partial charge in [0.25, 0.3) is 0 Å². The molecule has 29 heavy (non-hydrogen) atoms. The topological polar surface area (TPSA) is 95.6 Å². The molecule has 0 spiro atoms. The fourth-order valence-corrected chi connectivity index (χ4v) is 3.77. The SMILES string of the molecule is CCN(CC)c1ccc(NC(=O)CS(=O)(=O)CC(=O)Nc2ccc(F)cc2)cc1. The second-order valence-corrected chi connectivity index (χ2v) is 8.42. The Morgan fingerprint density at radius 1 is 0.828 bits per heavy atom. The van der Waals surface area contributed by atoms with Crippen molar-refractivity contribution in [3.8, 4) is 0 Å². The number of anilines is 3. The molecule has 2 rings (SSSR count). The zero-order valence-electron chi connectivity index (χ0n) is 16.3. The van der Waals surface area contributed by atoms with Gasteiger partial charge in [0.15, 0.2) is 9.84 Å². The van der Waals surface area contributed by atoms with Crippen LogP contribution in [0.2, 0.25) is 0 Å². The highest BCUT2D eigenvalue weighted by molar-refractivity contribution is 7.92. The molecule has 9 heteroatoms. The van der Waals surface area contributed by atoms with Gasteiger partial charge < -0.3 is 15.5 Å². The number of halogens is 1. The summed E-state index contributed by atoms with van der Waals surface area (Å²) in [5, 5.41) is 4.87. The summed E-state index contributed by atoms with van der Waals surface area (Å²) < 4.78 is 37.1. The average Bonchev–Trinajstić information content (AvgIpc) is 2.65. The van der Waals surface area contributed by atoms with Gasteiger partial charge in [-0.15, -0.1) is 0 Å². The summed E-state index contributed by atoms with van der Waals surface area (Å²) in [5.41, 5.74) is 1.74. The number of carbonyl (C=O) groups excluding carboxylic acids is 2. The van der Waals surface area contributed by atoms with Crippen molar-refractivity contribution in [1.82, 2.24) is 0 Å². The maximum Gasteiger partial charge on any atom is 0.239 e. The smallest absolute Gasteiger partial charge is 0.239 e. The van der Waals surface area contributed by atoms with Gasteiger partial charge in [0, 0.05) is 30.2 Å². The van der Waals surface area contributed by atoms with E-state index < -0.39 is 39.0 Å². The highest BCUT2D eigenvalue weighted by Crippen LogP contribution is 2.17. The lowest BCUT2D eigenvalue weighted by atomic mass is 10.2. The Morgan fingerprint density at radius 3 is 1.66 bits per heavy atom. The van der Waals surface area contributed by atoms with Gasteiger partial charge in [0.2, 0.25) is 11.8 Å². The van der Waals surface area contributed by atoms with Crippen LogP contribution in [0, 0.1) is 5.82 Å². The molecular formula is C20H24FN3O4S. The van der Waals surface area contributed by atoms with E-state index in [2.05, 4.69) is 15.5 Å². The van der Waals surface area contributed by atoms with Crippen molar-refractivity contribution in [3.63, 3.8) is 0 Å². The summed E-state index contributed by atoms with van der Waals surface area (Å²) in [7, 11) is -3.96. The zero-order valence-corrected chi connectivity index (χ0v) is 17.1. The molecule has 0 aliphatic heterocycles. The first-order valence-electron chi connectivity index (χ1n) is 9.13. The molecule has 7 nitrogen and oxygen atoms in total. The maximum absolute atomic E-state index is 12.9. The summed E-state index contributed by atoms with van der Waals surface area (Å²) in [6, 6.07) is 12.0. The molecule has 0 bridgehead atoms. The Labute approximate surface area is 169 Å². The Balaban J connectivity index is 1.89. The fourth-order valence-electron chi connectivity index (χ4n) is 2.72. The number of nitrogens with zero attached hydrogens (tertiary/aromatic N) is 1. The fraction of sp³-hybridized carbons (Fsp3) is 0.300. The van der Waals surface area contributed by atoms with Crippen molar-refractivity contribution in [2.45, 2.75) is 13.8 Å². The van der Waals surface area contributed by atoms with Crippen molar-refractivity contribution >= 4 is 38.7 Å². The van der Waals surface area contributed by atoms with Crippen LogP contribution in [-0.4, -0.2) is 44.8 Å². The van der Waals surface area contributed by atoms with E-state index in [0.29, 0.717) is 5.69 Å². The molecule has 0 heterocycles. The number of nitrogens with one attached hydrogen (secondary N) is 2. The largest absolute Gasteiger partial charge is 0.372 e. The van der Waals surface area contributed by atoms with Crippen molar-refractivity contribution in [1.29, 1.82) is 0 Å². The van der Waals surface area contributed by atoms with Crippen LogP contribution < -0.4 is 15.5 Å². The van der Waals surface area contributed by atoms with Gasteiger partial charge in [-0.1, -0.05) is 0 Å². The maximum atomic E-state index is 12.9. The number of hydrogen-bond acceptors (Lipinski definition) is 5. The molecule has 0 radical (unpaired) electrons. The quantitative estimate of drug-likeness (QED) is 0.649. The van der Waals surface area contributed by atoms with Gasteiger partial charge in [-0.25, -0.2) is 12.8 Å². The number of carbonyl (C=O) groups is 2.